The number of fused-ring (bicyclic) bond motifs is 1. The minimum Gasteiger partial charge on any atom is -0.475 e. The van der Waals surface area contributed by atoms with Gasteiger partial charge in [-0.3, -0.25) is 9.48 Å². The lowest BCUT2D eigenvalue weighted by Gasteiger charge is -2.23. The highest BCUT2D eigenvalue weighted by molar-refractivity contribution is 5.95. The maximum Gasteiger partial charge on any atom is 0.490 e. The molecule has 1 amide bonds. The van der Waals surface area contributed by atoms with Crippen LogP contribution < -0.4 is 0 Å². The van der Waals surface area contributed by atoms with E-state index in [4.69, 9.17) is 19.1 Å². The zero-order valence-corrected chi connectivity index (χ0v) is 16.2. The van der Waals surface area contributed by atoms with Gasteiger partial charge in [0.25, 0.3) is 5.91 Å². The lowest BCUT2D eigenvalue weighted by Crippen LogP contribution is -2.35. The largest absolute Gasteiger partial charge is 0.490 e. The number of aryl methyl sites for hydroxylation is 2. The number of carboxylic acids is 1. The van der Waals surface area contributed by atoms with E-state index in [9.17, 15) is 18.0 Å². The number of halogens is 3. The molecule has 2 aromatic heterocycles. The fraction of sp³-hybridized carbons (Fsp3) is 0.500. The zero-order chi connectivity index (χ0) is 21.8. The fourth-order valence-corrected chi connectivity index (χ4v) is 3.04. The summed E-state index contributed by atoms with van der Waals surface area (Å²) in [6, 6.07) is 3.77. The zero-order valence-electron chi connectivity index (χ0n) is 16.2. The molecule has 1 aliphatic rings. The molecule has 160 valence electrons. The molecule has 0 spiro atoms. The van der Waals surface area contributed by atoms with Gasteiger partial charge in [-0.05, 0) is 26.0 Å². The average Bonchev–Trinajstić information content (AvgIpc) is 3.14. The molecule has 0 aliphatic carbocycles. The van der Waals surface area contributed by atoms with Gasteiger partial charge in [-0.15, -0.1) is 0 Å². The molecule has 0 saturated heterocycles. The molecule has 1 aliphatic heterocycles. The van der Waals surface area contributed by atoms with Crippen LogP contribution in [0.1, 0.15) is 27.6 Å². The Hall–Kier alpha value is -2.82. The molecule has 0 radical (unpaired) electrons. The average molecular weight is 417 g/mol. The van der Waals surface area contributed by atoms with Gasteiger partial charge in [-0.1, -0.05) is 0 Å². The van der Waals surface area contributed by atoms with Crippen LogP contribution in [0.4, 0.5) is 13.2 Å². The Morgan fingerprint density at radius 3 is 2.52 bits per heavy atom. The third-order valence-electron chi connectivity index (χ3n) is 4.27. The molecule has 8 nitrogen and oxygen atoms in total. The predicted molar refractivity (Wildman–Crippen MR) is 94.2 cm³/mol. The lowest BCUT2D eigenvalue weighted by atomic mass is 10.1. The van der Waals surface area contributed by atoms with Gasteiger partial charge in [-0.25, -0.2) is 4.79 Å². The van der Waals surface area contributed by atoms with Crippen LogP contribution in [0.25, 0.3) is 0 Å². The second-order valence-electron chi connectivity index (χ2n) is 6.64. The first-order valence-electron chi connectivity index (χ1n) is 8.69. The van der Waals surface area contributed by atoms with Crippen molar-refractivity contribution in [2.45, 2.75) is 33.1 Å². The lowest BCUT2D eigenvalue weighted by molar-refractivity contribution is -0.192. The monoisotopic (exact) mass is 417 g/mol. The smallest absolute Gasteiger partial charge is 0.475 e. The Bertz CT molecular complexity index is 859. The Labute approximate surface area is 164 Å². The van der Waals surface area contributed by atoms with Gasteiger partial charge in [0.05, 0.1) is 24.4 Å². The van der Waals surface area contributed by atoms with Crippen LogP contribution in [0, 0.1) is 19.8 Å². The topological polar surface area (TPSA) is 97.8 Å². The van der Waals surface area contributed by atoms with Crippen LogP contribution >= 0.6 is 0 Å². The maximum absolute atomic E-state index is 12.9. The van der Waals surface area contributed by atoms with Crippen molar-refractivity contribution in [3.63, 3.8) is 0 Å². The van der Waals surface area contributed by atoms with Crippen molar-refractivity contribution in [1.29, 1.82) is 0 Å². The van der Waals surface area contributed by atoms with Crippen molar-refractivity contribution in [3.05, 3.63) is 41.1 Å². The molecule has 0 fully saturated rings. The highest BCUT2D eigenvalue weighted by Crippen LogP contribution is 2.21. The van der Waals surface area contributed by atoms with Gasteiger partial charge in [-0.2, -0.15) is 18.3 Å². The summed E-state index contributed by atoms with van der Waals surface area (Å²) in [5.74, 6) is -1.10. The molecule has 0 saturated carbocycles. The van der Waals surface area contributed by atoms with E-state index in [2.05, 4.69) is 5.10 Å². The predicted octanol–water partition coefficient (Wildman–Crippen LogP) is 2.64. The summed E-state index contributed by atoms with van der Waals surface area (Å²) in [5.41, 5.74) is 1.69. The van der Waals surface area contributed by atoms with E-state index in [0.29, 0.717) is 31.0 Å². The molecule has 11 heteroatoms. The highest BCUT2D eigenvalue weighted by Gasteiger charge is 2.38. The number of amides is 1. The van der Waals surface area contributed by atoms with Crippen LogP contribution in [0.15, 0.2) is 22.7 Å². The van der Waals surface area contributed by atoms with Gasteiger partial charge in [0.2, 0.25) is 0 Å². The van der Waals surface area contributed by atoms with Gasteiger partial charge in [0, 0.05) is 32.3 Å². The van der Waals surface area contributed by atoms with Crippen molar-refractivity contribution in [2.24, 2.45) is 5.92 Å². The number of carbonyl (C=O) groups excluding carboxylic acids is 1. The first-order chi connectivity index (χ1) is 13.5. The Morgan fingerprint density at radius 2 is 2.00 bits per heavy atom. The summed E-state index contributed by atoms with van der Waals surface area (Å²) in [6.45, 7) is 6.27. The number of carbonyl (C=O) groups is 2. The maximum atomic E-state index is 12.9. The van der Waals surface area contributed by atoms with Crippen molar-refractivity contribution in [2.75, 3.05) is 20.3 Å². The third kappa shape index (κ3) is 5.83. The number of methoxy groups -OCH3 is 1. The van der Waals surface area contributed by atoms with Crippen molar-refractivity contribution < 1.29 is 37.0 Å². The number of aliphatic carboxylic acids is 1. The van der Waals surface area contributed by atoms with Gasteiger partial charge < -0.3 is 19.2 Å². The van der Waals surface area contributed by atoms with E-state index in [1.807, 2.05) is 35.6 Å². The second kappa shape index (κ2) is 9.12. The van der Waals surface area contributed by atoms with Gasteiger partial charge >= 0.3 is 12.1 Å². The number of furan rings is 1. The first-order valence-corrected chi connectivity index (χ1v) is 8.69. The number of rotatable bonds is 3. The first kappa shape index (κ1) is 22.5. The number of ether oxygens (including phenoxy) is 1. The van der Waals surface area contributed by atoms with Crippen LogP contribution in [-0.4, -0.2) is 58.1 Å². The fourth-order valence-electron chi connectivity index (χ4n) is 3.04. The molecular formula is C18H22F3N3O5. The Balaban J connectivity index is 0.000000370. The van der Waals surface area contributed by atoms with Gasteiger partial charge in [0.15, 0.2) is 0 Å². The molecule has 0 aromatic carbocycles. The SMILES string of the molecule is COCC1CN(C(=O)c2cc(C)oc2C)Cc2ccnn2C1.O=C(O)C(F)(F)F. The van der Waals surface area contributed by atoms with Crippen LogP contribution in [0.2, 0.25) is 0 Å². The normalized spacial score (nSPS) is 16.5. The number of aromatic nitrogens is 2. The summed E-state index contributed by atoms with van der Waals surface area (Å²) in [4.78, 5) is 23.6. The van der Waals surface area contributed by atoms with E-state index >= 15 is 0 Å². The number of alkyl halides is 3. The molecule has 2 aromatic rings. The summed E-state index contributed by atoms with van der Waals surface area (Å²) in [5, 5.41) is 11.5. The summed E-state index contributed by atoms with van der Waals surface area (Å²) < 4.78 is 44.5. The molecule has 1 unspecified atom stereocenters. The van der Waals surface area contributed by atoms with E-state index in [-0.39, 0.29) is 11.8 Å². The number of hydrogen-bond acceptors (Lipinski definition) is 5. The molecular weight excluding hydrogens is 395 g/mol. The minimum atomic E-state index is -5.08. The summed E-state index contributed by atoms with van der Waals surface area (Å²) in [6.07, 6.45) is -3.31. The van der Waals surface area contributed by atoms with E-state index in [1.165, 1.54) is 0 Å². The Kier molecular flexibility index (Phi) is 7.07. The van der Waals surface area contributed by atoms with E-state index in [0.717, 1.165) is 18.0 Å². The summed E-state index contributed by atoms with van der Waals surface area (Å²) in [7, 11) is 1.69. The second-order valence-corrected chi connectivity index (χ2v) is 6.64. The van der Waals surface area contributed by atoms with Gasteiger partial charge in [0.1, 0.15) is 11.5 Å². The number of hydrogen-bond donors (Lipinski definition) is 1. The molecule has 3 heterocycles. The molecule has 0 bridgehead atoms. The van der Waals surface area contributed by atoms with Crippen LogP contribution in [0.3, 0.4) is 0 Å². The van der Waals surface area contributed by atoms with Crippen LogP contribution in [0.5, 0.6) is 0 Å². The molecule has 29 heavy (non-hydrogen) atoms. The number of carboxylic acid groups (broad SMARTS) is 1. The standard InChI is InChI=1S/C16H21N3O3.C2HF3O2/c1-11-6-15(12(2)22-11)16(20)18-7-13(10-21-3)8-19-14(9-18)4-5-17-19;3-2(4,5)1(6)7/h4-6,13H,7-10H2,1-3H3;(H,6,7). The minimum absolute atomic E-state index is 0.00473. The molecule has 3 rings (SSSR count). The van der Waals surface area contributed by atoms with Crippen molar-refractivity contribution in [3.8, 4) is 0 Å². The quantitative estimate of drug-likeness (QED) is 0.825. The number of nitrogens with zero attached hydrogens (tertiary/aromatic N) is 3. The third-order valence-corrected chi connectivity index (χ3v) is 4.27. The van der Waals surface area contributed by atoms with E-state index in [1.54, 1.807) is 13.3 Å². The molecule has 1 N–H and O–H groups in total. The van der Waals surface area contributed by atoms with Crippen molar-refractivity contribution in [1.82, 2.24) is 14.7 Å². The summed E-state index contributed by atoms with van der Waals surface area (Å²) >= 11 is 0. The van der Waals surface area contributed by atoms with Crippen LogP contribution in [-0.2, 0) is 22.6 Å². The van der Waals surface area contributed by atoms with E-state index < -0.39 is 12.1 Å². The Morgan fingerprint density at radius 1 is 1.34 bits per heavy atom. The highest BCUT2D eigenvalue weighted by atomic mass is 19.4. The van der Waals surface area contributed by atoms with Crippen molar-refractivity contribution >= 4 is 11.9 Å². The molecule has 1 atom stereocenters.